The van der Waals surface area contributed by atoms with E-state index in [0.717, 1.165) is 29.9 Å². The van der Waals surface area contributed by atoms with Crippen LogP contribution in [0.15, 0.2) is 53.3 Å². The van der Waals surface area contributed by atoms with Crippen molar-refractivity contribution in [1.82, 2.24) is 20.2 Å². The van der Waals surface area contributed by atoms with Gasteiger partial charge < -0.3 is 19.8 Å². The topological polar surface area (TPSA) is 96.5 Å². The van der Waals surface area contributed by atoms with E-state index in [1.54, 1.807) is 7.11 Å². The number of benzene rings is 2. The summed E-state index contributed by atoms with van der Waals surface area (Å²) in [5, 5.41) is 3.04. The predicted molar refractivity (Wildman–Crippen MR) is 122 cm³/mol. The number of ether oxygens (including phenoxy) is 2. The molecule has 0 radical (unpaired) electrons. The van der Waals surface area contributed by atoms with Gasteiger partial charge >= 0.3 is 0 Å². The Morgan fingerprint density at radius 3 is 2.69 bits per heavy atom. The number of H-pyrrole nitrogens is 1. The first-order valence-electron chi connectivity index (χ1n) is 10.8. The van der Waals surface area contributed by atoms with Crippen LogP contribution in [0.25, 0.3) is 11.0 Å². The van der Waals surface area contributed by atoms with Gasteiger partial charge in [0.25, 0.3) is 5.56 Å². The fourth-order valence-corrected chi connectivity index (χ4v) is 3.94. The Balaban J connectivity index is 1.39. The van der Waals surface area contributed by atoms with Gasteiger partial charge in [0.2, 0.25) is 5.91 Å². The Bertz CT molecular complexity index is 1110. The standard InChI is InChI=1S/C24H28N4O4/c1-31-18-8-6-17(7-9-18)22(28-12-14-32-15-13-28)16-25-23(29)11-10-21-24(30)27-20-5-3-2-4-19(20)26-21/h2-9,22H,10-16H2,1H3,(H,25,29)(H,27,30)/t22-/m0/s1. The highest BCUT2D eigenvalue weighted by molar-refractivity contribution is 5.76. The highest BCUT2D eigenvalue weighted by atomic mass is 16.5. The van der Waals surface area contributed by atoms with Crippen molar-refractivity contribution in [3.63, 3.8) is 0 Å². The van der Waals surface area contributed by atoms with Crippen LogP contribution in [0, 0.1) is 0 Å². The molecule has 1 aliphatic heterocycles. The van der Waals surface area contributed by atoms with Gasteiger partial charge in [0.05, 0.1) is 37.4 Å². The molecule has 8 nitrogen and oxygen atoms in total. The van der Waals surface area contributed by atoms with Gasteiger partial charge in [0, 0.05) is 32.5 Å². The number of rotatable bonds is 8. The van der Waals surface area contributed by atoms with Crippen LogP contribution in [-0.4, -0.2) is 60.7 Å². The average molecular weight is 437 g/mol. The molecular weight excluding hydrogens is 408 g/mol. The summed E-state index contributed by atoms with van der Waals surface area (Å²) >= 11 is 0. The van der Waals surface area contributed by atoms with E-state index in [1.165, 1.54) is 0 Å². The lowest BCUT2D eigenvalue weighted by Gasteiger charge is -2.35. The molecule has 1 saturated heterocycles. The van der Waals surface area contributed by atoms with Gasteiger partial charge in [-0.15, -0.1) is 0 Å². The van der Waals surface area contributed by atoms with Gasteiger partial charge in [0.15, 0.2) is 0 Å². The molecule has 1 fully saturated rings. The zero-order valence-electron chi connectivity index (χ0n) is 18.2. The number of aromatic amines is 1. The molecule has 2 N–H and O–H groups in total. The Morgan fingerprint density at radius 1 is 1.19 bits per heavy atom. The number of aryl methyl sites for hydroxylation is 1. The smallest absolute Gasteiger partial charge is 0.270 e. The maximum Gasteiger partial charge on any atom is 0.270 e. The van der Waals surface area contributed by atoms with E-state index in [1.807, 2.05) is 48.5 Å². The minimum absolute atomic E-state index is 0.0379. The Hall–Kier alpha value is -3.23. The third-order valence-electron chi connectivity index (χ3n) is 5.74. The number of amides is 1. The molecule has 1 atom stereocenters. The van der Waals surface area contributed by atoms with Crippen LogP contribution in [0.5, 0.6) is 5.75 Å². The second-order valence-corrected chi connectivity index (χ2v) is 7.77. The molecule has 3 aromatic rings. The molecule has 4 rings (SSSR count). The predicted octanol–water partition coefficient (Wildman–Crippen LogP) is 2.05. The van der Waals surface area contributed by atoms with Gasteiger partial charge in [-0.05, 0) is 29.8 Å². The summed E-state index contributed by atoms with van der Waals surface area (Å²) < 4.78 is 10.8. The largest absolute Gasteiger partial charge is 0.497 e. The number of hydrogen-bond acceptors (Lipinski definition) is 6. The van der Waals surface area contributed by atoms with E-state index in [-0.39, 0.29) is 30.3 Å². The first-order valence-corrected chi connectivity index (χ1v) is 10.8. The molecule has 1 aromatic heterocycles. The Kier molecular flexibility index (Phi) is 7.14. The Labute approximate surface area is 186 Å². The minimum atomic E-state index is -0.249. The summed E-state index contributed by atoms with van der Waals surface area (Å²) in [5.74, 6) is 0.692. The Morgan fingerprint density at radius 2 is 1.94 bits per heavy atom. The van der Waals surface area contributed by atoms with E-state index >= 15 is 0 Å². The van der Waals surface area contributed by atoms with Gasteiger partial charge in [-0.1, -0.05) is 24.3 Å². The van der Waals surface area contributed by atoms with Crippen LogP contribution in [0.4, 0.5) is 0 Å². The third-order valence-corrected chi connectivity index (χ3v) is 5.74. The lowest BCUT2D eigenvalue weighted by molar-refractivity contribution is -0.121. The first kappa shape index (κ1) is 22.0. The van der Waals surface area contributed by atoms with Gasteiger partial charge in [-0.2, -0.15) is 0 Å². The summed E-state index contributed by atoms with van der Waals surface area (Å²) in [6, 6.07) is 15.3. The molecule has 0 saturated carbocycles. The third kappa shape index (κ3) is 5.33. The quantitative estimate of drug-likeness (QED) is 0.561. The molecule has 168 valence electrons. The molecule has 0 spiro atoms. The van der Waals surface area contributed by atoms with Crippen molar-refractivity contribution < 1.29 is 14.3 Å². The molecule has 0 bridgehead atoms. The number of morpholine rings is 1. The summed E-state index contributed by atoms with van der Waals surface area (Å²) in [5.41, 5.74) is 2.65. The second-order valence-electron chi connectivity index (χ2n) is 7.77. The molecule has 1 aliphatic rings. The van der Waals surface area contributed by atoms with Gasteiger partial charge in [0.1, 0.15) is 11.4 Å². The highest BCUT2D eigenvalue weighted by Gasteiger charge is 2.23. The van der Waals surface area contributed by atoms with Crippen molar-refractivity contribution in [2.75, 3.05) is 40.0 Å². The van der Waals surface area contributed by atoms with E-state index in [0.29, 0.717) is 31.0 Å². The number of nitrogens with zero attached hydrogens (tertiary/aromatic N) is 2. The summed E-state index contributed by atoms with van der Waals surface area (Å²) in [6.45, 7) is 3.45. The van der Waals surface area contributed by atoms with Crippen LogP contribution in [-0.2, 0) is 16.0 Å². The fourth-order valence-electron chi connectivity index (χ4n) is 3.94. The number of carbonyl (C=O) groups excluding carboxylic acids is 1. The second kappa shape index (κ2) is 10.4. The number of nitrogens with one attached hydrogen (secondary N) is 2. The van der Waals surface area contributed by atoms with Crippen molar-refractivity contribution in [1.29, 1.82) is 0 Å². The van der Waals surface area contributed by atoms with Crippen LogP contribution < -0.4 is 15.6 Å². The molecule has 1 amide bonds. The molecular formula is C24H28N4O4. The maximum atomic E-state index is 12.6. The van der Waals surface area contributed by atoms with E-state index in [4.69, 9.17) is 9.47 Å². The normalized spacial score (nSPS) is 15.4. The average Bonchev–Trinajstić information content (AvgIpc) is 2.84. The maximum absolute atomic E-state index is 12.6. The van der Waals surface area contributed by atoms with Crippen molar-refractivity contribution >= 4 is 16.9 Å². The van der Waals surface area contributed by atoms with E-state index < -0.39 is 0 Å². The molecule has 0 aliphatic carbocycles. The number of para-hydroxylation sites is 2. The summed E-state index contributed by atoms with van der Waals surface area (Å²) in [4.78, 5) is 34.4. The van der Waals surface area contributed by atoms with Crippen LogP contribution >= 0.6 is 0 Å². The number of carbonyl (C=O) groups is 1. The molecule has 0 unspecified atom stereocenters. The molecule has 32 heavy (non-hydrogen) atoms. The van der Waals surface area contributed by atoms with Crippen LogP contribution in [0.2, 0.25) is 0 Å². The number of methoxy groups -OCH3 is 1. The van der Waals surface area contributed by atoms with E-state index in [2.05, 4.69) is 20.2 Å². The van der Waals surface area contributed by atoms with Crippen molar-refractivity contribution in [2.24, 2.45) is 0 Å². The van der Waals surface area contributed by atoms with Crippen LogP contribution in [0.3, 0.4) is 0 Å². The zero-order chi connectivity index (χ0) is 22.3. The molecule has 2 aromatic carbocycles. The van der Waals surface area contributed by atoms with Crippen LogP contribution in [0.1, 0.15) is 23.7 Å². The lowest BCUT2D eigenvalue weighted by atomic mass is 10.0. The zero-order valence-corrected chi connectivity index (χ0v) is 18.2. The minimum Gasteiger partial charge on any atom is -0.497 e. The number of aromatic nitrogens is 2. The lowest BCUT2D eigenvalue weighted by Crippen LogP contribution is -2.43. The van der Waals surface area contributed by atoms with E-state index in [9.17, 15) is 9.59 Å². The number of fused-ring (bicyclic) bond motifs is 1. The monoisotopic (exact) mass is 436 g/mol. The van der Waals surface area contributed by atoms with Gasteiger partial charge in [-0.25, -0.2) is 4.98 Å². The first-order chi connectivity index (χ1) is 15.6. The summed E-state index contributed by atoms with van der Waals surface area (Å²) in [6.07, 6.45) is 0.490. The summed E-state index contributed by atoms with van der Waals surface area (Å²) in [7, 11) is 1.64. The number of hydrogen-bond donors (Lipinski definition) is 2. The van der Waals surface area contributed by atoms with Gasteiger partial charge in [-0.3, -0.25) is 14.5 Å². The van der Waals surface area contributed by atoms with Crippen molar-refractivity contribution in [2.45, 2.75) is 18.9 Å². The molecule has 2 heterocycles. The fraction of sp³-hybridized carbons (Fsp3) is 0.375. The molecule has 8 heteroatoms. The van der Waals surface area contributed by atoms with Crippen molar-refractivity contribution in [3.05, 3.63) is 70.1 Å². The van der Waals surface area contributed by atoms with Crippen molar-refractivity contribution in [3.8, 4) is 5.75 Å². The highest BCUT2D eigenvalue weighted by Crippen LogP contribution is 2.23. The SMILES string of the molecule is COc1ccc([C@H](CNC(=O)CCc2nc3ccccc3[nH]c2=O)N2CCOCC2)cc1.